The molecule has 1 aliphatic heterocycles. The molecule has 4 heteroatoms. The van der Waals surface area contributed by atoms with E-state index in [0.717, 1.165) is 23.8 Å². The van der Waals surface area contributed by atoms with E-state index >= 15 is 0 Å². The van der Waals surface area contributed by atoms with Gasteiger partial charge in [-0.3, -0.25) is 0 Å². The zero-order valence-electron chi connectivity index (χ0n) is 8.75. The molecule has 16 heavy (non-hydrogen) atoms. The zero-order chi connectivity index (χ0) is 11.7. The highest BCUT2D eigenvalue weighted by molar-refractivity contribution is 5.24. The van der Waals surface area contributed by atoms with Gasteiger partial charge in [-0.15, -0.1) is 0 Å². The van der Waals surface area contributed by atoms with Crippen molar-refractivity contribution in [3.8, 4) is 0 Å². The van der Waals surface area contributed by atoms with E-state index < -0.39 is 17.7 Å². The van der Waals surface area contributed by atoms with E-state index in [-0.39, 0.29) is 11.6 Å². The summed E-state index contributed by atoms with van der Waals surface area (Å²) in [6, 6.07) is 2.92. The van der Waals surface area contributed by atoms with Crippen LogP contribution in [0.15, 0.2) is 30.4 Å². The van der Waals surface area contributed by atoms with E-state index in [1.54, 1.807) is 0 Å². The molecule has 2 rings (SSSR count). The minimum atomic E-state index is -0.596. The van der Waals surface area contributed by atoms with Gasteiger partial charge in [0, 0.05) is 11.6 Å². The smallest absolute Gasteiger partial charge is 0.129 e. The van der Waals surface area contributed by atoms with E-state index in [4.69, 9.17) is 10.5 Å². The van der Waals surface area contributed by atoms with Gasteiger partial charge < -0.3 is 10.5 Å². The van der Waals surface area contributed by atoms with Crippen LogP contribution in [0.25, 0.3) is 0 Å². The maximum absolute atomic E-state index is 13.5. The molecular formula is C12H13F2NO. The Kier molecular flexibility index (Phi) is 3.03. The molecule has 2 N–H and O–H groups in total. The minimum Gasteiger partial charge on any atom is -0.367 e. The van der Waals surface area contributed by atoms with Crippen LogP contribution in [-0.2, 0) is 4.74 Å². The summed E-state index contributed by atoms with van der Waals surface area (Å²) >= 11 is 0. The number of rotatable bonds is 1. The van der Waals surface area contributed by atoms with Gasteiger partial charge in [-0.05, 0) is 24.6 Å². The molecule has 1 fully saturated rings. The van der Waals surface area contributed by atoms with Gasteiger partial charge in [0.25, 0.3) is 0 Å². The van der Waals surface area contributed by atoms with E-state index in [2.05, 4.69) is 6.58 Å². The summed E-state index contributed by atoms with van der Waals surface area (Å²) in [5.74, 6) is -0.981. The Morgan fingerprint density at radius 1 is 1.38 bits per heavy atom. The molecule has 1 saturated heterocycles. The third-order valence-corrected chi connectivity index (χ3v) is 2.64. The van der Waals surface area contributed by atoms with Gasteiger partial charge in [0.2, 0.25) is 0 Å². The number of hydrogen-bond donors (Lipinski definition) is 1. The summed E-state index contributed by atoms with van der Waals surface area (Å²) < 4.78 is 31.9. The summed E-state index contributed by atoms with van der Waals surface area (Å²) in [4.78, 5) is 0. The Labute approximate surface area is 92.7 Å². The first kappa shape index (κ1) is 11.2. The van der Waals surface area contributed by atoms with Crippen LogP contribution in [0.2, 0.25) is 0 Å². The Hall–Kier alpha value is -1.26. The molecular weight excluding hydrogens is 212 g/mol. The quantitative estimate of drug-likeness (QED) is 0.744. The minimum absolute atomic E-state index is 0.181. The zero-order valence-corrected chi connectivity index (χ0v) is 8.75. The van der Waals surface area contributed by atoms with Gasteiger partial charge in [0.15, 0.2) is 0 Å². The first-order valence-corrected chi connectivity index (χ1v) is 5.06. The van der Waals surface area contributed by atoms with E-state index in [9.17, 15) is 8.78 Å². The number of hydrogen-bond acceptors (Lipinski definition) is 2. The van der Waals surface area contributed by atoms with Crippen molar-refractivity contribution in [1.29, 1.82) is 0 Å². The second-order valence-corrected chi connectivity index (χ2v) is 4.02. The first-order valence-electron chi connectivity index (χ1n) is 5.06. The van der Waals surface area contributed by atoms with Crippen molar-refractivity contribution in [1.82, 2.24) is 0 Å². The van der Waals surface area contributed by atoms with Gasteiger partial charge in [-0.2, -0.15) is 0 Å². The molecule has 2 atom stereocenters. The van der Waals surface area contributed by atoms with Crippen LogP contribution in [0.1, 0.15) is 18.1 Å². The van der Waals surface area contributed by atoms with Crippen molar-refractivity contribution < 1.29 is 13.5 Å². The average molecular weight is 225 g/mol. The van der Waals surface area contributed by atoms with Crippen LogP contribution in [0.5, 0.6) is 0 Å². The predicted octanol–water partition coefficient (Wildman–Crippen LogP) is 2.31. The largest absolute Gasteiger partial charge is 0.367 e. The normalized spacial score (nSPS) is 25.8. The van der Waals surface area contributed by atoms with Crippen LogP contribution < -0.4 is 5.73 Å². The topological polar surface area (TPSA) is 35.2 Å². The Balaban J connectivity index is 2.29. The molecule has 0 aromatic heterocycles. The number of nitrogens with two attached hydrogens (primary N) is 1. The van der Waals surface area contributed by atoms with E-state index in [1.807, 2.05) is 0 Å². The first-order chi connectivity index (χ1) is 7.58. The van der Waals surface area contributed by atoms with Crippen LogP contribution in [0, 0.1) is 11.6 Å². The average Bonchev–Trinajstić information content (AvgIpc) is 2.22. The summed E-state index contributed by atoms with van der Waals surface area (Å²) in [7, 11) is 0. The van der Waals surface area contributed by atoms with Crippen LogP contribution in [-0.4, -0.2) is 12.6 Å². The molecule has 0 aliphatic carbocycles. The molecule has 86 valence electrons. The van der Waals surface area contributed by atoms with Crippen molar-refractivity contribution in [3.63, 3.8) is 0 Å². The molecule has 2 unspecified atom stereocenters. The summed E-state index contributed by atoms with van der Waals surface area (Å²) in [5.41, 5.74) is 6.90. The summed E-state index contributed by atoms with van der Waals surface area (Å²) in [6.07, 6.45) is -0.0261. The number of ether oxygens (including phenoxy) is 1. The highest BCUT2D eigenvalue weighted by atomic mass is 19.1. The molecule has 0 spiro atoms. The lowest BCUT2D eigenvalue weighted by Gasteiger charge is -2.30. The van der Waals surface area contributed by atoms with Crippen LogP contribution in [0.4, 0.5) is 8.78 Å². The molecule has 0 bridgehead atoms. The SMILES string of the molecule is C=C1COC(c2cc(F)ccc2F)C(N)C1. The Morgan fingerprint density at radius 2 is 2.12 bits per heavy atom. The molecule has 1 aromatic carbocycles. The van der Waals surface area contributed by atoms with Gasteiger partial charge in [0.1, 0.15) is 17.7 Å². The second kappa shape index (κ2) is 4.31. The lowest BCUT2D eigenvalue weighted by molar-refractivity contribution is 0.0245. The van der Waals surface area contributed by atoms with Crippen molar-refractivity contribution in [3.05, 3.63) is 47.5 Å². The van der Waals surface area contributed by atoms with Crippen molar-refractivity contribution in [2.24, 2.45) is 5.73 Å². The fourth-order valence-electron chi connectivity index (χ4n) is 1.88. The Morgan fingerprint density at radius 3 is 2.81 bits per heavy atom. The highest BCUT2D eigenvalue weighted by Crippen LogP contribution is 2.30. The maximum Gasteiger partial charge on any atom is 0.129 e. The highest BCUT2D eigenvalue weighted by Gasteiger charge is 2.28. The van der Waals surface area contributed by atoms with E-state index in [0.29, 0.717) is 13.0 Å². The molecule has 1 aromatic rings. The lowest BCUT2D eigenvalue weighted by Crippen LogP contribution is -2.36. The van der Waals surface area contributed by atoms with Crippen molar-refractivity contribution in [2.45, 2.75) is 18.6 Å². The predicted molar refractivity (Wildman–Crippen MR) is 56.8 cm³/mol. The van der Waals surface area contributed by atoms with Crippen LogP contribution >= 0.6 is 0 Å². The molecule has 1 heterocycles. The maximum atomic E-state index is 13.5. The van der Waals surface area contributed by atoms with Crippen molar-refractivity contribution >= 4 is 0 Å². The van der Waals surface area contributed by atoms with Crippen molar-refractivity contribution in [2.75, 3.05) is 6.61 Å². The Bertz CT molecular complexity index is 419. The number of halogens is 2. The molecule has 0 radical (unpaired) electrons. The third kappa shape index (κ3) is 2.13. The summed E-state index contributed by atoms with van der Waals surface area (Å²) in [6.45, 7) is 4.10. The van der Waals surface area contributed by atoms with E-state index in [1.165, 1.54) is 0 Å². The third-order valence-electron chi connectivity index (χ3n) is 2.64. The van der Waals surface area contributed by atoms with Gasteiger partial charge in [-0.25, -0.2) is 8.78 Å². The molecule has 0 saturated carbocycles. The molecule has 2 nitrogen and oxygen atoms in total. The monoisotopic (exact) mass is 225 g/mol. The van der Waals surface area contributed by atoms with Gasteiger partial charge in [0.05, 0.1) is 6.61 Å². The lowest BCUT2D eigenvalue weighted by atomic mass is 9.94. The van der Waals surface area contributed by atoms with Gasteiger partial charge >= 0.3 is 0 Å². The fraction of sp³-hybridized carbons (Fsp3) is 0.333. The second-order valence-electron chi connectivity index (χ2n) is 4.02. The van der Waals surface area contributed by atoms with Gasteiger partial charge in [-0.1, -0.05) is 12.2 Å². The standard InChI is InChI=1S/C12H13F2NO/c1-7-4-11(15)12(16-6-7)9-5-8(13)2-3-10(9)14/h2-3,5,11-12H,1,4,6,15H2. The summed E-state index contributed by atoms with van der Waals surface area (Å²) in [5, 5.41) is 0. The number of benzene rings is 1. The molecule has 0 amide bonds. The van der Waals surface area contributed by atoms with Crippen LogP contribution in [0.3, 0.4) is 0 Å². The molecule has 1 aliphatic rings. The fourth-order valence-corrected chi connectivity index (χ4v) is 1.88.